The summed E-state index contributed by atoms with van der Waals surface area (Å²) in [5, 5.41) is 0. The highest BCUT2D eigenvalue weighted by atomic mass is 15.2. The number of hydrogen-bond acceptors (Lipinski definition) is 2. The molecular weight excluding hydrogens is 136 g/mol. The molecule has 0 spiro atoms. The first-order valence-corrected chi connectivity index (χ1v) is 4.62. The zero-order chi connectivity index (χ0) is 8.43. The molecule has 66 valence electrons. The van der Waals surface area contributed by atoms with Crippen molar-refractivity contribution in [1.29, 1.82) is 0 Å². The molecule has 0 radical (unpaired) electrons. The standard InChI is InChI=1S/C9H20N2/c1-7(10)6-11-8(2)4-5-9(11)3/h7-9H,4-6,10H2,1-3H3. The van der Waals surface area contributed by atoms with Crippen molar-refractivity contribution in [3.05, 3.63) is 0 Å². The van der Waals surface area contributed by atoms with E-state index in [0.717, 1.165) is 18.6 Å². The Balaban J connectivity index is 2.41. The van der Waals surface area contributed by atoms with Crippen molar-refractivity contribution in [3.8, 4) is 0 Å². The summed E-state index contributed by atoms with van der Waals surface area (Å²) in [6.45, 7) is 7.73. The van der Waals surface area contributed by atoms with E-state index in [-0.39, 0.29) is 0 Å². The van der Waals surface area contributed by atoms with Gasteiger partial charge in [0.05, 0.1) is 0 Å². The van der Waals surface area contributed by atoms with Crippen molar-refractivity contribution < 1.29 is 0 Å². The predicted octanol–water partition coefficient (Wildman–Crippen LogP) is 1.21. The van der Waals surface area contributed by atoms with Gasteiger partial charge in [-0.05, 0) is 33.6 Å². The minimum absolute atomic E-state index is 0.318. The Labute approximate surface area is 69.8 Å². The lowest BCUT2D eigenvalue weighted by Crippen LogP contribution is -2.41. The molecule has 0 aliphatic carbocycles. The average Bonchev–Trinajstić information content (AvgIpc) is 2.18. The predicted molar refractivity (Wildman–Crippen MR) is 48.5 cm³/mol. The van der Waals surface area contributed by atoms with Crippen molar-refractivity contribution in [3.63, 3.8) is 0 Å². The lowest BCUT2D eigenvalue weighted by atomic mass is 10.2. The zero-order valence-electron chi connectivity index (χ0n) is 7.88. The Morgan fingerprint density at radius 3 is 2.18 bits per heavy atom. The van der Waals surface area contributed by atoms with Gasteiger partial charge in [0.1, 0.15) is 0 Å². The number of nitrogens with two attached hydrogens (primary N) is 1. The van der Waals surface area contributed by atoms with Crippen molar-refractivity contribution in [1.82, 2.24) is 4.90 Å². The summed E-state index contributed by atoms with van der Waals surface area (Å²) in [5.74, 6) is 0. The van der Waals surface area contributed by atoms with Gasteiger partial charge in [0.25, 0.3) is 0 Å². The van der Waals surface area contributed by atoms with Gasteiger partial charge in [-0.3, -0.25) is 4.90 Å². The van der Waals surface area contributed by atoms with Gasteiger partial charge in [-0.1, -0.05) is 0 Å². The molecule has 1 aliphatic rings. The van der Waals surface area contributed by atoms with E-state index in [9.17, 15) is 0 Å². The molecular formula is C9H20N2. The summed E-state index contributed by atoms with van der Waals surface area (Å²) in [6.07, 6.45) is 2.68. The number of rotatable bonds is 2. The Morgan fingerprint density at radius 1 is 1.36 bits per heavy atom. The van der Waals surface area contributed by atoms with Crippen LogP contribution in [0.1, 0.15) is 33.6 Å². The number of likely N-dealkylation sites (tertiary alicyclic amines) is 1. The first-order valence-electron chi connectivity index (χ1n) is 4.62. The zero-order valence-corrected chi connectivity index (χ0v) is 7.88. The molecule has 2 nitrogen and oxygen atoms in total. The third-order valence-corrected chi connectivity index (χ3v) is 2.63. The summed E-state index contributed by atoms with van der Waals surface area (Å²) in [6, 6.07) is 1.81. The van der Waals surface area contributed by atoms with Crippen LogP contribution in [-0.2, 0) is 0 Å². The molecule has 0 aromatic heterocycles. The maximum Gasteiger partial charge on any atom is 0.0139 e. The van der Waals surface area contributed by atoms with E-state index in [4.69, 9.17) is 5.73 Å². The molecule has 0 aromatic carbocycles. The molecule has 11 heavy (non-hydrogen) atoms. The normalized spacial score (nSPS) is 36.0. The lowest BCUT2D eigenvalue weighted by molar-refractivity contribution is 0.204. The van der Waals surface area contributed by atoms with Gasteiger partial charge in [-0.15, -0.1) is 0 Å². The van der Waals surface area contributed by atoms with Gasteiger partial charge in [-0.2, -0.15) is 0 Å². The molecule has 1 saturated heterocycles. The minimum Gasteiger partial charge on any atom is -0.327 e. The van der Waals surface area contributed by atoms with Crippen LogP contribution < -0.4 is 5.73 Å². The van der Waals surface area contributed by atoms with E-state index in [1.54, 1.807) is 0 Å². The topological polar surface area (TPSA) is 29.3 Å². The van der Waals surface area contributed by atoms with E-state index in [2.05, 4.69) is 25.7 Å². The monoisotopic (exact) mass is 156 g/mol. The highest BCUT2D eigenvalue weighted by Gasteiger charge is 2.27. The second-order valence-corrected chi connectivity index (χ2v) is 3.95. The summed E-state index contributed by atoms with van der Waals surface area (Å²) in [5.41, 5.74) is 5.76. The van der Waals surface area contributed by atoms with Crippen molar-refractivity contribution in [2.45, 2.75) is 51.7 Å². The lowest BCUT2D eigenvalue weighted by Gasteiger charge is -2.27. The van der Waals surface area contributed by atoms with Crippen LogP contribution in [0.5, 0.6) is 0 Å². The molecule has 0 saturated carbocycles. The van der Waals surface area contributed by atoms with Gasteiger partial charge >= 0.3 is 0 Å². The van der Waals surface area contributed by atoms with E-state index >= 15 is 0 Å². The Kier molecular flexibility index (Phi) is 2.90. The summed E-state index contributed by atoms with van der Waals surface area (Å²) >= 11 is 0. The quantitative estimate of drug-likeness (QED) is 0.651. The highest BCUT2D eigenvalue weighted by molar-refractivity contribution is 4.83. The van der Waals surface area contributed by atoms with E-state index in [1.165, 1.54) is 12.8 Å². The van der Waals surface area contributed by atoms with Crippen LogP contribution in [0, 0.1) is 0 Å². The Hall–Kier alpha value is -0.0800. The molecule has 2 N–H and O–H groups in total. The van der Waals surface area contributed by atoms with Crippen molar-refractivity contribution in [2.24, 2.45) is 5.73 Å². The summed E-state index contributed by atoms with van der Waals surface area (Å²) < 4.78 is 0. The first-order chi connectivity index (χ1) is 5.11. The van der Waals surface area contributed by atoms with Gasteiger partial charge in [-0.25, -0.2) is 0 Å². The van der Waals surface area contributed by atoms with Crippen LogP contribution in [0.25, 0.3) is 0 Å². The summed E-state index contributed by atoms with van der Waals surface area (Å²) in [4.78, 5) is 2.52. The molecule has 1 aliphatic heterocycles. The third-order valence-electron chi connectivity index (χ3n) is 2.63. The molecule has 0 amide bonds. The van der Waals surface area contributed by atoms with Crippen LogP contribution >= 0.6 is 0 Å². The fourth-order valence-electron chi connectivity index (χ4n) is 1.94. The molecule has 3 unspecified atom stereocenters. The van der Waals surface area contributed by atoms with Gasteiger partial charge in [0.15, 0.2) is 0 Å². The molecule has 3 atom stereocenters. The molecule has 1 fully saturated rings. The van der Waals surface area contributed by atoms with Crippen LogP contribution in [-0.4, -0.2) is 29.6 Å². The number of hydrogen-bond donors (Lipinski definition) is 1. The van der Waals surface area contributed by atoms with Crippen molar-refractivity contribution in [2.75, 3.05) is 6.54 Å². The van der Waals surface area contributed by atoms with E-state index in [1.807, 2.05) is 0 Å². The van der Waals surface area contributed by atoms with Crippen LogP contribution in [0.3, 0.4) is 0 Å². The molecule has 2 heteroatoms. The fraction of sp³-hybridized carbons (Fsp3) is 1.00. The largest absolute Gasteiger partial charge is 0.327 e. The maximum absolute atomic E-state index is 5.76. The van der Waals surface area contributed by atoms with Crippen LogP contribution in [0.4, 0.5) is 0 Å². The van der Waals surface area contributed by atoms with Gasteiger partial charge in [0, 0.05) is 24.7 Å². The van der Waals surface area contributed by atoms with Crippen LogP contribution in [0.2, 0.25) is 0 Å². The molecule has 0 bridgehead atoms. The molecule has 1 heterocycles. The van der Waals surface area contributed by atoms with E-state index in [0.29, 0.717) is 6.04 Å². The van der Waals surface area contributed by atoms with Crippen LogP contribution in [0.15, 0.2) is 0 Å². The van der Waals surface area contributed by atoms with E-state index < -0.39 is 0 Å². The Bertz CT molecular complexity index is 113. The molecule has 1 rings (SSSR count). The Morgan fingerprint density at radius 2 is 1.82 bits per heavy atom. The number of nitrogens with zero attached hydrogens (tertiary/aromatic N) is 1. The smallest absolute Gasteiger partial charge is 0.0139 e. The first kappa shape index (κ1) is 9.01. The fourth-order valence-corrected chi connectivity index (χ4v) is 1.94. The molecule has 0 aromatic rings. The second-order valence-electron chi connectivity index (χ2n) is 3.95. The van der Waals surface area contributed by atoms with Gasteiger partial charge < -0.3 is 5.73 Å². The van der Waals surface area contributed by atoms with Gasteiger partial charge in [0.2, 0.25) is 0 Å². The SMILES string of the molecule is CC(N)CN1C(C)CCC1C. The second kappa shape index (κ2) is 3.55. The maximum atomic E-state index is 5.76. The highest BCUT2D eigenvalue weighted by Crippen LogP contribution is 2.22. The minimum atomic E-state index is 0.318. The third kappa shape index (κ3) is 2.17. The summed E-state index contributed by atoms with van der Waals surface area (Å²) in [7, 11) is 0. The average molecular weight is 156 g/mol. The van der Waals surface area contributed by atoms with Crippen molar-refractivity contribution >= 4 is 0 Å².